The number of benzene rings is 1. The zero-order valence-electron chi connectivity index (χ0n) is 12.4. The molecule has 0 amide bonds. The molecule has 0 bridgehead atoms. The van der Waals surface area contributed by atoms with Crippen molar-refractivity contribution in [2.24, 2.45) is 5.11 Å². The van der Waals surface area contributed by atoms with Gasteiger partial charge in [0.2, 0.25) is 0 Å². The first-order valence-corrected chi connectivity index (χ1v) is 7.02. The van der Waals surface area contributed by atoms with E-state index in [1.807, 2.05) is 13.8 Å². The normalized spacial score (nSPS) is 14.8. The van der Waals surface area contributed by atoms with Gasteiger partial charge >= 0.3 is 7.12 Å². The predicted octanol–water partition coefficient (Wildman–Crippen LogP) is 0.203. The highest BCUT2D eigenvalue weighted by molar-refractivity contribution is 6.59. The van der Waals surface area contributed by atoms with Gasteiger partial charge in [0.15, 0.2) is 0 Å². The van der Waals surface area contributed by atoms with Crippen LogP contribution < -0.4 is 15.7 Å². The smallest absolute Gasteiger partial charge is 0.423 e. The van der Waals surface area contributed by atoms with Crippen LogP contribution in [0.3, 0.4) is 0 Å². The third kappa shape index (κ3) is 3.30. The standard InChI is InChI=1S/C13H20BN5O2/c1-9-11(8-17-18-15)7-12(14(20)21)10(2)13(9)19-5-3-16-4-6-19/h7,16,20-21H,3-6,8H2,1-2H3. The predicted molar refractivity (Wildman–Crippen MR) is 83.7 cm³/mol. The summed E-state index contributed by atoms with van der Waals surface area (Å²) in [6.45, 7) is 7.63. The van der Waals surface area contributed by atoms with Crippen molar-refractivity contribution in [1.29, 1.82) is 0 Å². The summed E-state index contributed by atoms with van der Waals surface area (Å²) in [6.07, 6.45) is 0. The van der Waals surface area contributed by atoms with E-state index in [9.17, 15) is 10.0 Å². The Morgan fingerprint density at radius 3 is 2.57 bits per heavy atom. The SMILES string of the molecule is Cc1c(CN=[N+]=[N-])cc(B(O)O)c(C)c1N1CCNCC1. The summed E-state index contributed by atoms with van der Waals surface area (Å²) in [5.41, 5.74) is 12.7. The second kappa shape index (κ2) is 6.82. The molecule has 1 aliphatic rings. The van der Waals surface area contributed by atoms with Gasteiger partial charge in [-0.2, -0.15) is 0 Å². The van der Waals surface area contributed by atoms with Gasteiger partial charge in [0.25, 0.3) is 0 Å². The third-order valence-electron chi connectivity index (χ3n) is 3.97. The Morgan fingerprint density at radius 2 is 2.00 bits per heavy atom. The molecule has 7 nitrogen and oxygen atoms in total. The fourth-order valence-corrected chi connectivity index (χ4v) is 2.88. The number of rotatable bonds is 4. The van der Waals surface area contributed by atoms with E-state index < -0.39 is 7.12 Å². The van der Waals surface area contributed by atoms with E-state index in [2.05, 4.69) is 20.2 Å². The van der Waals surface area contributed by atoms with E-state index in [1.54, 1.807) is 6.07 Å². The molecular weight excluding hydrogens is 269 g/mol. The van der Waals surface area contributed by atoms with E-state index in [1.165, 1.54) is 0 Å². The first-order valence-electron chi connectivity index (χ1n) is 7.02. The van der Waals surface area contributed by atoms with Gasteiger partial charge in [0, 0.05) is 36.8 Å². The highest BCUT2D eigenvalue weighted by atomic mass is 16.4. The monoisotopic (exact) mass is 289 g/mol. The van der Waals surface area contributed by atoms with Crippen LogP contribution in [0.15, 0.2) is 11.2 Å². The minimum atomic E-state index is -1.53. The molecule has 0 aromatic heterocycles. The molecule has 2 rings (SSSR count). The number of nitrogens with zero attached hydrogens (tertiary/aromatic N) is 4. The van der Waals surface area contributed by atoms with Crippen LogP contribution in [0.5, 0.6) is 0 Å². The van der Waals surface area contributed by atoms with Crippen LogP contribution in [0.2, 0.25) is 0 Å². The quantitative estimate of drug-likeness (QED) is 0.319. The van der Waals surface area contributed by atoms with Gasteiger partial charge in [-0.05, 0) is 41.5 Å². The molecule has 0 saturated carbocycles. The van der Waals surface area contributed by atoms with Gasteiger partial charge in [0.1, 0.15) is 0 Å². The Morgan fingerprint density at radius 1 is 1.33 bits per heavy atom. The molecular formula is C13H20BN5O2. The second-order valence-electron chi connectivity index (χ2n) is 5.22. The van der Waals surface area contributed by atoms with Crippen molar-refractivity contribution in [1.82, 2.24) is 5.32 Å². The molecule has 1 fully saturated rings. The molecule has 3 N–H and O–H groups in total. The van der Waals surface area contributed by atoms with Crippen LogP contribution in [0.25, 0.3) is 10.4 Å². The average Bonchev–Trinajstić information content (AvgIpc) is 2.47. The maximum absolute atomic E-state index is 9.59. The molecule has 1 aromatic carbocycles. The second-order valence-corrected chi connectivity index (χ2v) is 5.22. The highest BCUT2D eigenvalue weighted by Crippen LogP contribution is 2.27. The number of piperazine rings is 1. The van der Waals surface area contributed by atoms with Crippen LogP contribution in [0, 0.1) is 13.8 Å². The fourth-order valence-electron chi connectivity index (χ4n) is 2.88. The van der Waals surface area contributed by atoms with Crippen molar-refractivity contribution in [3.63, 3.8) is 0 Å². The molecule has 112 valence electrons. The van der Waals surface area contributed by atoms with Gasteiger partial charge in [-0.3, -0.25) is 0 Å². The van der Waals surface area contributed by atoms with Crippen LogP contribution in [-0.4, -0.2) is 43.3 Å². The number of azide groups is 1. The molecule has 1 saturated heterocycles. The Kier molecular flexibility index (Phi) is 5.09. The van der Waals surface area contributed by atoms with Crippen molar-refractivity contribution in [3.8, 4) is 0 Å². The molecule has 1 heterocycles. The molecule has 0 aliphatic carbocycles. The molecule has 21 heavy (non-hydrogen) atoms. The Hall–Kier alpha value is -1.73. The maximum atomic E-state index is 9.59. The van der Waals surface area contributed by atoms with Gasteiger partial charge in [0.05, 0.1) is 6.54 Å². The molecule has 1 aliphatic heterocycles. The lowest BCUT2D eigenvalue weighted by molar-refractivity contribution is 0.425. The molecule has 8 heteroatoms. The fraction of sp³-hybridized carbons (Fsp3) is 0.538. The number of hydrogen-bond donors (Lipinski definition) is 3. The Balaban J connectivity index is 2.53. The van der Waals surface area contributed by atoms with Crippen LogP contribution in [0.4, 0.5) is 5.69 Å². The third-order valence-corrected chi connectivity index (χ3v) is 3.97. The summed E-state index contributed by atoms with van der Waals surface area (Å²) in [5, 5.41) is 26.1. The minimum Gasteiger partial charge on any atom is -0.423 e. The minimum absolute atomic E-state index is 0.210. The van der Waals surface area contributed by atoms with E-state index in [0.29, 0.717) is 5.46 Å². The molecule has 0 radical (unpaired) electrons. The lowest BCUT2D eigenvalue weighted by atomic mass is 9.74. The summed E-state index contributed by atoms with van der Waals surface area (Å²) >= 11 is 0. The average molecular weight is 289 g/mol. The largest absolute Gasteiger partial charge is 0.488 e. The number of anilines is 1. The first-order chi connectivity index (χ1) is 10.1. The van der Waals surface area contributed by atoms with E-state index >= 15 is 0 Å². The van der Waals surface area contributed by atoms with Crippen molar-refractivity contribution >= 4 is 18.3 Å². The van der Waals surface area contributed by atoms with Crippen LogP contribution in [0.1, 0.15) is 16.7 Å². The summed E-state index contributed by atoms with van der Waals surface area (Å²) < 4.78 is 0. The zero-order valence-corrected chi connectivity index (χ0v) is 12.4. The van der Waals surface area contributed by atoms with Crippen LogP contribution in [-0.2, 0) is 6.54 Å². The van der Waals surface area contributed by atoms with E-state index in [0.717, 1.165) is 48.6 Å². The van der Waals surface area contributed by atoms with Crippen molar-refractivity contribution < 1.29 is 10.0 Å². The van der Waals surface area contributed by atoms with E-state index in [4.69, 9.17) is 5.53 Å². The van der Waals surface area contributed by atoms with Crippen molar-refractivity contribution in [2.75, 3.05) is 31.1 Å². The maximum Gasteiger partial charge on any atom is 0.488 e. The zero-order chi connectivity index (χ0) is 15.4. The topological polar surface area (TPSA) is 104 Å². The lowest BCUT2D eigenvalue weighted by Gasteiger charge is -2.33. The number of hydrogen-bond acceptors (Lipinski definition) is 5. The summed E-state index contributed by atoms with van der Waals surface area (Å²) in [7, 11) is -1.53. The molecule has 0 unspecified atom stereocenters. The Bertz CT molecular complexity index is 566. The molecule has 1 aromatic rings. The van der Waals surface area contributed by atoms with E-state index in [-0.39, 0.29) is 6.54 Å². The summed E-state index contributed by atoms with van der Waals surface area (Å²) in [6, 6.07) is 1.72. The van der Waals surface area contributed by atoms with Crippen molar-refractivity contribution in [3.05, 3.63) is 33.2 Å². The summed E-state index contributed by atoms with van der Waals surface area (Å²) in [4.78, 5) is 5.03. The van der Waals surface area contributed by atoms with Gasteiger partial charge < -0.3 is 20.3 Å². The van der Waals surface area contributed by atoms with Gasteiger partial charge in [-0.25, -0.2) is 0 Å². The van der Waals surface area contributed by atoms with Crippen molar-refractivity contribution in [2.45, 2.75) is 20.4 Å². The highest BCUT2D eigenvalue weighted by Gasteiger charge is 2.23. The van der Waals surface area contributed by atoms with Crippen LogP contribution >= 0.6 is 0 Å². The first kappa shape index (κ1) is 15.7. The lowest BCUT2D eigenvalue weighted by Crippen LogP contribution is -2.45. The summed E-state index contributed by atoms with van der Waals surface area (Å²) in [5.74, 6) is 0. The Labute approximate surface area is 124 Å². The van der Waals surface area contributed by atoms with Gasteiger partial charge in [-0.1, -0.05) is 11.2 Å². The number of nitrogens with one attached hydrogen (secondary N) is 1. The molecule has 0 atom stereocenters. The molecule has 0 spiro atoms. The van der Waals surface area contributed by atoms with Gasteiger partial charge in [-0.15, -0.1) is 0 Å².